The molecule has 1 aliphatic heterocycles. The number of rotatable bonds is 3. The maximum absolute atomic E-state index is 13.1. The van der Waals surface area contributed by atoms with Crippen molar-refractivity contribution in [3.63, 3.8) is 0 Å². The number of carbonyl (C=O) groups excluding carboxylic acids is 1. The molecule has 1 saturated heterocycles. The molecule has 5 rings (SSSR count). The molecule has 4 nitrogen and oxygen atoms in total. The molecule has 3 aliphatic rings. The standard InChI is InChI=1S/C25H29NO3/c27-15-18-11-14-25(12-5-6-13-25)17-26(18)24(28)29-16-23-21-9-3-1-7-19(21)20-8-2-4-10-22(20)23/h1-4,7-10,18,23,27H,5-6,11-17H2. The van der Waals surface area contributed by atoms with E-state index in [1.807, 2.05) is 4.90 Å². The Morgan fingerprint density at radius 2 is 1.62 bits per heavy atom. The highest BCUT2D eigenvalue weighted by Gasteiger charge is 2.43. The van der Waals surface area contributed by atoms with Gasteiger partial charge < -0.3 is 14.7 Å². The van der Waals surface area contributed by atoms with Crippen molar-refractivity contribution in [1.82, 2.24) is 4.90 Å². The molecule has 0 radical (unpaired) electrons. The van der Waals surface area contributed by atoms with Crippen molar-refractivity contribution in [2.75, 3.05) is 19.8 Å². The van der Waals surface area contributed by atoms with Gasteiger partial charge in [-0.3, -0.25) is 0 Å². The lowest BCUT2D eigenvalue weighted by Gasteiger charge is -2.44. The average molecular weight is 392 g/mol. The highest BCUT2D eigenvalue weighted by Crippen LogP contribution is 2.47. The SMILES string of the molecule is O=C(OCC1c2ccccc2-c2ccccc21)N1CC2(CCCC2)CCC1CO. The number of hydrogen-bond donors (Lipinski definition) is 1. The van der Waals surface area contributed by atoms with E-state index < -0.39 is 0 Å². The zero-order chi connectivity index (χ0) is 19.8. The van der Waals surface area contributed by atoms with Gasteiger partial charge in [0.1, 0.15) is 6.61 Å². The van der Waals surface area contributed by atoms with Gasteiger partial charge in [-0.15, -0.1) is 0 Å². The summed E-state index contributed by atoms with van der Waals surface area (Å²) in [4.78, 5) is 14.9. The molecule has 1 heterocycles. The van der Waals surface area contributed by atoms with Gasteiger partial charge in [-0.25, -0.2) is 4.79 Å². The van der Waals surface area contributed by atoms with Crippen LogP contribution in [0.4, 0.5) is 4.79 Å². The summed E-state index contributed by atoms with van der Waals surface area (Å²) in [6.07, 6.45) is 6.62. The maximum atomic E-state index is 13.1. The zero-order valence-corrected chi connectivity index (χ0v) is 16.8. The van der Waals surface area contributed by atoms with E-state index in [1.165, 1.54) is 47.9 Å². The van der Waals surface area contributed by atoms with Crippen LogP contribution in [0.15, 0.2) is 48.5 Å². The van der Waals surface area contributed by atoms with Gasteiger partial charge in [0.25, 0.3) is 0 Å². The van der Waals surface area contributed by atoms with Gasteiger partial charge in [-0.1, -0.05) is 61.4 Å². The number of amides is 1. The minimum absolute atomic E-state index is 0.0142. The van der Waals surface area contributed by atoms with Crippen LogP contribution in [0.5, 0.6) is 0 Å². The first-order chi connectivity index (χ1) is 14.2. The first kappa shape index (κ1) is 18.7. The molecular formula is C25H29NO3. The Morgan fingerprint density at radius 1 is 1.00 bits per heavy atom. The van der Waals surface area contributed by atoms with E-state index in [0.29, 0.717) is 6.61 Å². The molecule has 4 heteroatoms. The lowest BCUT2D eigenvalue weighted by Crippen LogP contribution is -2.52. The normalized spacial score (nSPS) is 22.5. The highest BCUT2D eigenvalue weighted by molar-refractivity contribution is 5.79. The Morgan fingerprint density at radius 3 is 2.24 bits per heavy atom. The van der Waals surface area contributed by atoms with Crippen LogP contribution in [0, 0.1) is 5.41 Å². The second-order valence-corrected chi connectivity index (χ2v) is 9.01. The quantitative estimate of drug-likeness (QED) is 0.805. The smallest absolute Gasteiger partial charge is 0.410 e. The van der Waals surface area contributed by atoms with Crippen LogP contribution >= 0.6 is 0 Å². The van der Waals surface area contributed by atoms with Crippen molar-refractivity contribution >= 4 is 6.09 Å². The van der Waals surface area contributed by atoms with Gasteiger partial charge in [0.15, 0.2) is 0 Å². The summed E-state index contributed by atoms with van der Waals surface area (Å²) < 4.78 is 5.89. The molecule has 1 spiro atoms. The van der Waals surface area contributed by atoms with Crippen LogP contribution in [0.25, 0.3) is 11.1 Å². The molecule has 1 N–H and O–H groups in total. The number of likely N-dealkylation sites (tertiary alicyclic amines) is 1. The van der Waals surface area contributed by atoms with Crippen molar-refractivity contribution in [2.24, 2.45) is 5.41 Å². The minimum atomic E-state index is -0.267. The molecule has 2 aliphatic carbocycles. The number of fused-ring (bicyclic) bond motifs is 3. The fourth-order valence-corrected chi connectivity index (χ4v) is 5.81. The summed E-state index contributed by atoms with van der Waals surface area (Å²) in [7, 11) is 0. The lowest BCUT2D eigenvalue weighted by molar-refractivity contribution is 0.00917. The Balaban J connectivity index is 1.33. The van der Waals surface area contributed by atoms with Gasteiger partial charge in [0, 0.05) is 12.5 Å². The lowest BCUT2D eigenvalue weighted by atomic mass is 9.76. The number of piperidine rings is 1. The molecular weight excluding hydrogens is 362 g/mol. The molecule has 1 unspecified atom stereocenters. The Bertz CT molecular complexity index is 857. The third-order valence-electron chi connectivity index (χ3n) is 7.40. The van der Waals surface area contributed by atoms with E-state index in [9.17, 15) is 9.90 Å². The molecule has 29 heavy (non-hydrogen) atoms. The van der Waals surface area contributed by atoms with Gasteiger partial charge in [-0.05, 0) is 53.4 Å². The van der Waals surface area contributed by atoms with Crippen molar-refractivity contribution in [2.45, 2.75) is 50.5 Å². The second-order valence-electron chi connectivity index (χ2n) is 9.01. The maximum Gasteiger partial charge on any atom is 0.410 e. The number of nitrogens with zero attached hydrogens (tertiary/aromatic N) is 1. The summed E-state index contributed by atoms with van der Waals surface area (Å²) in [5, 5.41) is 9.83. The van der Waals surface area contributed by atoms with E-state index in [1.54, 1.807) is 0 Å². The third kappa shape index (κ3) is 3.24. The minimum Gasteiger partial charge on any atom is -0.448 e. The van der Waals surface area contributed by atoms with E-state index in [2.05, 4.69) is 48.5 Å². The zero-order valence-electron chi connectivity index (χ0n) is 16.8. The Hall–Kier alpha value is -2.33. The van der Waals surface area contributed by atoms with E-state index in [0.717, 1.165) is 19.4 Å². The van der Waals surface area contributed by atoms with Crippen LogP contribution in [0.2, 0.25) is 0 Å². The van der Waals surface area contributed by atoms with Crippen LogP contribution < -0.4 is 0 Å². The third-order valence-corrected chi connectivity index (χ3v) is 7.40. The topological polar surface area (TPSA) is 49.8 Å². The van der Waals surface area contributed by atoms with Crippen LogP contribution in [0.3, 0.4) is 0 Å². The Kier molecular flexibility index (Phi) is 4.83. The molecule has 152 valence electrons. The van der Waals surface area contributed by atoms with Gasteiger partial charge in [-0.2, -0.15) is 0 Å². The monoisotopic (exact) mass is 391 g/mol. The summed E-state index contributed by atoms with van der Waals surface area (Å²) in [5.41, 5.74) is 5.18. The molecule has 2 aromatic carbocycles. The molecule has 0 aromatic heterocycles. The molecule has 1 amide bonds. The Labute approximate surface area is 172 Å². The predicted molar refractivity (Wildman–Crippen MR) is 113 cm³/mol. The first-order valence-corrected chi connectivity index (χ1v) is 10.9. The fourth-order valence-electron chi connectivity index (χ4n) is 5.81. The van der Waals surface area contributed by atoms with Crippen molar-refractivity contribution in [1.29, 1.82) is 0 Å². The molecule has 0 bridgehead atoms. The fraction of sp³-hybridized carbons (Fsp3) is 0.480. The number of aliphatic hydroxyl groups excluding tert-OH is 1. The highest BCUT2D eigenvalue weighted by atomic mass is 16.6. The van der Waals surface area contributed by atoms with E-state index in [4.69, 9.17) is 4.74 Å². The summed E-state index contributed by atoms with van der Waals surface area (Å²) >= 11 is 0. The largest absolute Gasteiger partial charge is 0.448 e. The van der Waals surface area contributed by atoms with E-state index in [-0.39, 0.29) is 30.1 Å². The molecule has 2 aromatic rings. The van der Waals surface area contributed by atoms with E-state index >= 15 is 0 Å². The summed E-state index contributed by atoms with van der Waals surface area (Å²) in [6.45, 7) is 1.09. The average Bonchev–Trinajstić information content (AvgIpc) is 3.35. The van der Waals surface area contributed by atoms with Crippen LogP contribution in [0.1, 0.15) is 55.6 Å². The van der Waals surface area contributed by atoms with Crippen molar-refractivity contribution < 1.29 is 14.6 Å². The second kappa shape index (κ2) is 7.49. The number of carbonyl (C=O) groups is 1. The van der Waals surface area contributed by atoms with Crippen LogP contribution in [-0.4, -0.2) is 41.9 Å². The van der Waals surface area contributed by atoms with Crippen LogP contribution in [-0.2, 0) is 4.74 Å². The van der Waals surface area contributed by atoms with Gasteiger partial charge in [0.2, 0.25) is 0 Å². The number of ether oxygens (including phenoxy) is 1. The number of aliphatic hydroxyl groups is 1. The van der Waals surface area contributed by atoms with Crippen molar-refractivity contribution in [3.8, 4) is 11.1 Å². The summed E-state index contributed by atoms with van der Waals surface area (Å²) in [5.74, 6) is 0.0733. The molecule has 2 fully saturated rings. The first-order valence-electron chi connectivity index (χ1n) is 10.9. The van der Waals surface area contributed by atoms with Crippen molar-refractivity contribution in [3.05, 3.63) is 59.7 Å². The molecule has 1 saturated carbocycles. The van der Waals surface area contributed by atoms with Gasteiger partial charge >= 0.3 is 6.09 Å². The predicted octanol–water partition coefficient (Wildman–Crippen LogP) is 4.95. The number of benzene rings is 2. The number of hydrogen-bond acceptors (Lipinski definition) is 3. The molecule has 1 atom stereocenters. The summed E-state index contributed by atoms with van der Waals surface area (Å²) in [6, 6.07) is 16.7. The van der Waals surface area contributed by atoms with Gasteiger partial charge in [0.05, 0.1) is 12.6 Å².